The number of hydrogen-bond donors (Lipinski definition) is 0. The molecule has 4 heterocycles. The summed E-state index contributed by atoms with van der Waals surface area (Å²) in [5, 5.41) is 10.5. The molecule has 0 radical (unpaired) electrons. The highest BCUT2D eigenvalue weighted by molar-refractivity contribution is 7.99. The Hall–Kier alpha value is -2.13. The van der Waals surface area contributed by atoms with E-state index in [0.29, 0.717) is 24.2 Å². The average Bonchev–Trinajstić information content (AvgIpc) is 3.51. The normalized spacial score (nSPS) is 16.3. The van der Waals surface area contributed by atoms with Crippen molar-refractivity contribution in [2.24, 2.45) is 0 Å². The van der Waals surface area contributed by atoms with E-state index in [4.69, 9.17) is 16.3 Å². The second kappa shape index (κ2) is 10.5. The molecule has 0 saturated carbocycles. The van der Waals surface area contributed by atoms with E-state index in [1.165, 1.54) is 0 Å². The topological polar surface area (TPSA) is 61.0 Å². The predicted molar refractivity (Wildman–Crippen MR) is 124 cm³/mol. The second-order valence-electron chi connectivity index (χ2n) is 7.62. The lowest BCUT2D eigenvalue weighted by Crippen LogP contribution is -2.22. The molecule has 0 unspecified atom stereocenters. The van der Waals surface area contributed by atoms with Gasteiger partial charge in [0.15, 0.2) is 5.16 Å². The number of aromatic nitrogens is 5. The fourth-order valence-electron chi connectivity index (χ4n) is 3.65. The molecule has 3 aromatic rings. The number of halogens is 1. The van der Waals surface area contributed by atoms with Gasteiger partial charge in [-0.3, -0.25) is 4.90 Å². The van der Waals surface area contributed by atoms with Gasteiger partial charge >= 0.3 is 0 Å². The largest absolute Gasteiger partial charge is 0.377 e. The van der Waals surface area contributed by atoms with Crippen LogP contribution in [0, 0.1) is 0 Å². The summed E-state index contributed by atoms with van der Waals surface area (Å²) in [6, 6.07) is 7.90. The summed E-state index contributed by atoms with van der Waals surface area (Å²) in [7, 11) is 2.08. The quantitative estimate of drug-likeness (QED) is 0.335. The van der Waals surface area contributed by atoms with E-state index in [-0.39, 0.29) is 0 Å². The third kappa shape index (κ3) is 5.57. The van der Waals surface area contributed by atoms with Gasteiger partial charge in [0.05, 0.1) is 17.7 Å². The number of nitrogens with zero attached hydrogens (tertiary/aromatic N) is 6. The monoisotopic (exact) mass is 458 g/mol. The minimum atomic E-state index is 0.319. The Bertz CT molecular complexity index is 996. The van der Waals surface area contributed by atoms with E-state index in [1.54, 1.807) is 18.0 Å². The lowest BCUT2D eigenvalue weighted by Gasteiger charge is -2.18. The minimum Gasteiger partial charge on any atom is -0.377 e. The Balaban J connectivity index is 1.42. The molecule has 0 aliphatic carbocycles. The first-order valence-electron chi connectivity index (χ1n) is 10.4. The predicted octanol–water partition coefficient (Wildman–Crippen LogP) is 4.21. The third-order valence-corrected chi connectivity index (χ3v) is 6.48. The lowest BCUT2D eigenvalue weighted by molar-refractivity contribution is 0.129. The van der Waals surface area contributed by atoms with Gasteiger partial charge in [-0.1, -0.05) is 29.4 Å². The van der Waals surface area contributed by atoms with Gasteiger partial charge in [-0.15, -0.1) is 16.8 Å². The lowest BCUT2D eigenvalue weighted by atomic mass is 10.3. The first-order chi connectivity index (χ1) is 15.1. The molecule has 1 saturated heterocycles. The molecule has 31 heavy (non-hydrogen) atoms. The molecular formula is C22H27ClN6OS. The van der Waals surface area contributed by atoms with E-state index in [1.807, 2.05) is 30.5 Å². The van der Waals surface area contributed by atoms with Crippen LogP contribution >= 0.6 is 23.4 Å². The number of thioether (sulfide) groups is 1. The SMILES string of the molecule is C=CCn1c(CN(C)Cc2cccn2-c2ccc(Cl)cn2)nnc1SC[C@@H]1CCCO1. The van der Waals surface area contributed by atoms with Crippen molar-refractivity contribution in [1.29, 1.82) is 0 Å². The van der Waals surface area contributed by atoms with Gasteiger partial charge < -0.3 is 13.9 Å². The molecule has 9 heteroatoms. The molecular weight excluding hydrogens is 432 g/mol. The van der Waals surface area contributed by atoms with Crippen LogP contribution in [0.4, 0.5) is 0 Å². The van der Waals surface area contributed by atoms with E-state index in [2.05, 4.69) is 48.9 Å². The zero-order chi connectivity index (χ0) is 21.6. The van der Waals surface area contributed by atoms with Crippen LogP contribution in [0.5, 0.6) is 0 Å². The van der Waals surface area contributed by atoms with Gasteiger partial charge in [0.25, 0.3) is 0 Å². The summed E-state index contributed by atoms with van der Waals surface area (Å²) in [6.07, 6.45) is 8.16. The van der Waals surface area contributed by atoms with Crippen molar-refractivity contribution in [1.82, 2.24) is 29.2 Å². The molecule has 0 amide bonds. The van der Waals surface area contributed by atoms with Crippen molar-refractivity contribution >= 4 is 23.4 Å². The second-order valence-corrected chi connectivity index (χ2v) is 9.04. The van der Waals surface area contributed by atoms with Crippen molar-refractivity contribution in [3.8, 4) is 5.82 Å². The molecule has 4 rings (SSSR count). The molecule has 0 spiro atoms. The molecule has 3 aromatic heterocycles. The number of pyridine rings is 1. The smallest absolute Gasteiger partial charge is 0.191 e. The maximum Gasteiger partial charge on any atom is 0.191 e. The van der Waals surface area contributed by atoms with Gasteiger partial charge in [0, 0.05) is 43.5 Å². The van der Waals surface area contributed by atoms with Crippen LogP contribution in [-0.2, 0) is 24.4 Å². The zero-order valence-corrected chi connectivity index (χ0v) is 19.2. The summed E-state index contributed by atoms with van der Waals surface area (Å²) in [5.41, 5.74) is 1.14. The molecule has 1 fully saturated rings. The summed E-state index contributed by atoms with van der Waals surface area (Å²) in [4.78, 5) is 6.65. The Kier molecular flexibility index (Phi) is 7.45. The Labute approximate surface area is 192 Å². The van der Waals surface area contributed by atoms with Crippen LogP contribution in [0.25, 0.3) is 5.82 Å². The maximum atomic E-state index is 5.98. The molecule has 1 aliphatic rings. The van der Waals surface area contributed by atoms with Gasteiger partial charge in [-0.25, -0.2) is 4.98 Å². The van der Waals surface area contributed by atoms with Gasteiger partial charge in [-0.2, -0.15) is 0 Å². The molecule has 1 atom stereocenters. The van der Waals surface area contributed by atoms with Gasteiger partial charge in [0.2, 0.25) is 0 Å². The Morgan fingerprint density at radius 2 is 2.23 bits per heavy atom. The van der Waals surface area contributed by atoms with Crippen LogP contribution in [-0.4, -0.2) is 54.7 Å². The first-order valence-corrected chi connectivity index (χ1v) is 11.7. The van der Waals surface area contributed by atoms with Gasteiger partial charge in [-0.05, 0) is 44.2 Å². The summed E-state index contributed by atoms with van der Waals surface area (Å²) >= 11 is 7.69. The van der Waals surface area contributed by atoms with Crippen molar-refractivity contribution in [2.75, 3.05) is 19.4 Å². The van der Waals surface area contributed by atoms with Crippen LogP contribution in [0.3, 0.4) is 0 Å². The van der Waals surface area contributed by atoms with Crippen LogP contribution < -0.4 is 0 Å². The fraction of sp³-hybridized carbons (Fsp3) is 0.409. The number of rotatable bonds is 10. The summed E-state index contributed by atoms with van der Waals surface area (Å²) in [5.74, 6) is 2.69. The number of hydrogen-bond acceptors (Lipinski definition) is 6. The molecule has 7 nitrogen and oxygen atoms in total. The standard InChI is InChI=1S/C22H27ClN6OS/c1-3-10-29-21(25-26-22(29)31-16-19-7-5-12-30-19)15-27(2)14-18-6-4-11-28(18)20-9-8-17(23)13-24-20/h3-4,6,8-9,11,13,19H,1,5,7,10,12,14-16H2,2H3/t19-/m0/s1. The van der Waals surface area contributed by atoms with Crippen molar-refractivity contribution < 1.29 is 4.74 Å². The highest BCUT2D eigenvalue weighted by atomic mass is 35.5. The van der Waals surface area contributed by atoms with Crippen molar-refractivity contribution in [3.05, 3.63) is 65.9 Å². The third-order valence-electron chi connectivity index (χ3n) is 5.16. The molecule has 0 N–H and O–H groups in total. The number of ether oxygens (including phenoxy) is 1. The zero-order valence-electron chi connectivity index (χ0n) is 17.7. The van der Waals surface area contributed by atoms with Crippen molar-refractivity contribution in [2.45, 2.75) is 43.7 Å². The van der Waals surface area contributed by atoms with Crippen LogP contribution in [0.1, 0.15) is 24.4 Å². The van der Waals surface area contributed by atoms with E-state index >= 15 is 0 Å². The number of allylic oxidation sites excluding steroid dienone is 1. The Morgan fingerprint density at radius 3 is 2.97 bits per heavy atom. The highest BCUT2D eigenvalue weighted by Gasteiger charge is 2.19. The molecule has 164 valence electrons. The molecule has 1 aliphatic heterocycles. The minimum absolute atomic E-state index is 0.319. The van der Waals surface area contributed by atoms with Crippen LogP contribution in [0.15, 0.2) is 54.5 Å². The van der Waals surface area contributed by atoms with Gasteiger partial charge in [0.1, 0.15) is 11.6 Å². The fourth-order valence-corrected chi connectivity index (χ4v) is 4.80. The summed E-state index contributed by atoms with van der Waals surface area (Å²) in [6.45, 7) is 6.89. The average molecular weight is 459 g/mol. The maximum absolute atomic E-state index is 5.98. The van der Waals surface area contributed by atoms with Crippen LogP contribution in [0.2, 0.25) is 5.02 Å². The Morgan fingerprint density at radius 1 is 1.32 bits per heavy atom. The van der Waals surface area contributed by atoms with E-state index in [9.17, 15) is 0 Å². The first kappa shape index (κ1) is 22.1. The highest BCUT2D eigenvalue weighted by Crippen LogP contribution is 2.24. The summed E-state index contributed by atoms with van der Waals surface area (Å²) < 4.78 is 9.95. The van der Waals surface area contributed by atoms with E-state index in [0.717, 1.165) is 54.2 Å². The van der Waals surface area contributed by atoms with E-state index < -0.39 is 0 Å². The molecule has 0 bridgehead atoms. The van der Waals surface area contributed by atoms with Crippen molar-refractivity contribution in [3.63, 3.8) is 0 Å². The molecule has 0 aromatic carbocycles.